The van der Waals surface area contributed by atoms with Crippen molar-refractivity contribution in [2.45, 2.75) is 34.1 Å². The third-order valence-electron chi connectivity index (χ3n) is 2.86. The Balaban J connectivity index is 2.81. The van der Waals surface area contributed by atoms with Crippen LogP contribution in [0.2, 0.25) is 0 Å². The molecule has 0 bridgehead atoms. The molecule has 0 aliphatic carbocycles. The first-order valence-corrected chi connectivity index (χ1v) is 6.37. The lowest BCUT2D eigenvalue weighted by Gasteiger charge is -2.22. The van der Waals surface area contributed by atoms with Gasteiger partial charge in [-0.15, -0.1) is 0 Å². The van der Waals surface area contributed by atoms with E-state index >= 15 is 0 Å². The highest BCUT2D eigenvalue weighted by molar-refractivity contribution is 5.48. The van der Waals surface area contributed by atoms with Gasteiger partial charge in [0.15, 0.2) is 0 Å². The van der Waals surface area contributed by atoms with E-state index < -0.39 is 0 Å². The van der Waals surface area contributed by atoms with E-state index in [2.05, 4.69) is 48.0 Å². The summed E-state index contributed by atoms with van der Waals surface area (Å²) in [7, 11) is 2.09. The summed E-state index contributed by atoms with van der Waals surface area (Å²) >= 11 is 0. The largest absolute Gasteiger partial charge is 0.370 e. The van der Waals surface area contributed by atoms with Gasteiger partial charge in [0.25, 0.3) is 0 Å². The minimum atomic E-state index is 0.679. The van der Waals surface area contributed by atoms with E-state index in [1.165, 1.54) is 6.42 Å². The zero-order valence-electron chi connectivity index (χ0n) is 11.6. The van der Waals surface area contributed by atoms with E-state index in [-0.39, 0.29) is 0 Å². The highest BCUT2D eigenvalue weighted by atomic mass is 15.2. The summed E-state index contributed by atoms with van der Waals surface area (Å²) < 4.78 is 0. The van der Waals surface area contributed by atoms with Gasteiger partial charge in [0.1, 0.15) is 17.5 Å². The maximum atomic E-state index is 4.48. The summed E-state index contributed by atoms with van der Waals surface area (Å²) in [5, 5.41) is 3.23. The SMILES string of the molecule is CCNc1cc(N(C)CC(C)CC)nc(C)n1. The van der Waals surface area contributed by atoms with E-state index in [1.54, 1.807) is 0 Å². The molecule has 0 fully saturated rings. The second kappa shape index (κ2) is 6.42. The first-order valence-electron chi connectivity index (χ1n) is 6.37. The van der Waals surface area contributed by atoms with Crippen LogP contribution < -0.4 is 10.2 Å². The fourth-order valence-electron chi connectivity index (χ4n) is 1.71. The maximum Gasteiger partial charge on any atom is 0.134 e. The third kappa shape index (κ3) is 4.21. The smallest absolute Gasteiger partial charge is 0.134 e. The molecule has 0 saturated carbocycles. The van der Waals surface area contributed by atoms with Crippen molar-refractivity contribution in [3.8, 4) is 0 Å². The molecule has 1 unspecified atom stereocenters. The fraction of sp³-hybridized carbons (Fsp3) is 0.692. The molecular weight excluding hydrogens is 212 g/mol. The molecule has 1 N–H and O–H groups in total. The van der Waals surface area contributed by atoms with Crippen molar-refractivity contribution < 1.29 is 0 Å². The molecule has 0 saturated heterocycles. The molecule has 1 aromatic heterocycles. The molecule has 4 heteroatoms. The van der Waals surface area contributed by atoms with E-state index in [4.69, 9.17) is 0 Å². The summed E-state index contributed by atoms with van der Waals surface area (Å²) in [6.45, 7) is 10.4. The molecule has 96 valence electrons. The van der Waals surface area contributed by atoms with Gasteiger partial charge in [-0.05, 0) is 19.8 Å². The third-order valence-corrected chi connectivity index (χ3v) is 2.86. The number of aryl methyl sites for hydroxylation is 1. The Morgan fingerprint density at radius 3 is 2.65 bits per heavy atom. The lowest BCUT2D eigenvalue weighted by Crippen LogP contribution is -2.25. The summed E-state index contributed by atoms with van der Waals surface area (Å²) in [6.07, 6.45) is 1.19. The highest BCUT2D eigenvalue weighted by Crippen LogP contribution is 2.16. The summed E-state index contributed by atoms with van der Waals surface area (Å²) in [4.78, 5) is 11.0. The van der Waals surface area contributed by atoms with Crippen molar-refractivity contribution in [1.82, 2.24) is 9.97 Å². The second-order valence-corrected chi connectivity index (χ2v) is 4.58. The molecule has 0 aliphatic heterocycles. The second-order valence-electron chi connectivity index (χ2n) is 4.58. The molecule has 0 radical (unpaired) electrons. The molecule has 4 nitrogen and oxygen atoms in total. The Labute approximate surface area is 104 Å². The molecular formula is C13H24N4. The number of rotatable bonds is 6. The summed E-state index contributed by atoms with van der Waals surface area (Å²) in [5.74, 6) is 3.40. The highest BCUT2D eigenvalue weighted by Gasteiger charge is 2.09. The van der Waals surface area contributed by atoms with Gasteiger partial charge >= 0.3 is 0 Å². The number of aromatic nitrogens is 2. The van der Waals surface area contributed by atoms with Crippen LogP contribution in [0.15, 0.2) is 6.07 Å². The quantitative estimate of drug-likeness (QED) is 0.824. The van der Waals surface area contributed by atoms with Crippen LogP contribution in [0.1, 0.15) is 33.0 Å². The van der Waals surface area contributed by atoms with Crippen LogP contribution in [0.25, 0.3) is 0 Å². The number of nitrogens with zero attached hydrogens (tertiary/aromatic N) is 3. The number of hydrogen-bond acceptors (Lipinski definition) is 4. The van der Waals surface area contributed by atoms with Gasteiger partial charge < -0.3 is 10.2 Å². The predicted octanol–water partition coefficient (Wildman–Crippen LogP) is 2.70. The Kier molecular flexibility index (Phi) is 5.19. The van der Waals surface area contributed by atoms with E-state index in [9.17, 15) is 0 Å². The number of nitrogens with one attached hydrogen (secondary N) is 1. The molecule has 0 aliphatic rings. The minimum absolute atomic E-state index is 0.679. The molecule has 0 spiro atoms. The molecule has 1 aromatic rings. The van der Waals surface area contributed by atoms with Gasteiger partial charge in [-0.25, -0.2) is 9.97 Å². The Morgan fingerprint density at radius 2 is 2.06 bits per heavy atom. The van der Waals surface area contributed by atoms with Crippen LogP contribution >= 0.6 is 0 Å². The van der Waals surface area contributed by atoms with Crippen LogP contribution in [0.3, 0.4) is 0 Å². The number of anilines is 2. The maximum absolute atomic E-state index is 4.48. The van der Waals surface area contributed by atoms with Crippen LogP contribution in [-0.2, 0) is 0 Å². The minimum Gasteiger partial charge on any atom is -0.370 e. The Morgan fingerprint density at radius 1 is 1.35 bits per heavy atom. The topological polar surface area (TPSA) is 41.0 Å². The standard InChI is InChI=1S/C13H24N4/c1-6-10(3)9-17(5)13-8-12(14-7-2)15-11(4)16-13/h8,10H,6-7,9H2,1-5H3,(H,14,15,16). The molecule has 1 atom stereocenters. The van der Waals surface area contributed by atoms with Crippen molar-refractivity contribution in [3.05, 3.63) is 11.9 Å². The lowest BCUT2D eigenvalue weighted by atomic mass is 10.1. The zero-order chi connectivity index (χ0) is 12.8. The first-order chi connectivity index (χ1) is 8.06. The molecule has 0 aromatic carbocycles. The van der Waals surface area contributed by atoms with Gasteiger partial charge in [-0.1, -0.05) is 20.3 Å². The number of hydrogen-bond donors (Lipinski definition) is 1. The summed E-state index contributed by atoms with van der Waals surface area (Å²) in [5.41, 5.74) is 0. The van der Waals surface area contributed by atoms with E-state index in [1.807, 2.05) is 13.0 Å². The van der Waals surface area contributed by atoms with Gasteiger partial charge in [0.2, 0.25) is 0 Å². The monoisotopic (exact) mass is 236 g/mol. The molecule has 0 amide bonds. The normalized spacial score (nSPS) is 12.3. The van der Waals surface area contributed by atoms with E-state index in [0.29, 0.717) is 5.92 Å². The van der Waals surface area contributed by atoms with E-state index in [0.717, 1.165) is 30.5 Å². The Bertz CT molecular complexity index is 351. The Hall–Kier alpha value is -1.32. The van der Waals surface area contributed by atoms with Crippen LogP contribution in [0.4, 0.5) is 11.6 Å². The van der Waals surface area contributed by atoms with Crippen molar-refractivity contribution in [2.75, 3.05) is 30.4 Å². The van der Waals surface area contributed by atoms with Crippen molar-refractivity contribution in [3.63, 3.8) is 0 Å². The van der Waals surface area contributed by atoms with Crippen molar-refractivity contribution in [1.29, 1.82) is 0 Å². The molecule has 1 rings (SSSR count). The van der Waals surface area contributed by atoms with Gasteiger partial charge in [0, 0.05) is 26.2 Å². The van der Waals surface area contributed by atoms with Crippen LogP contribution in [-0.4, -0.2) is 30.1 Å². The molecule has 1 heterocycles. The van der Waals surface area contributed by atoms with Crippen LogP contribution in [0, 0.1) is 12.8 Å². The zero-order valence-corrected chi connectivity index (χ0v) is 11.6. The van der Waals surface area contributed by atoms with Crippen LogP contribution in [0.5, 0.6) is 0 Å². The summed E-state index contributed by atoms with van der Waals surface area (Å²) in [6, 6.07) is 2.01. The van der Waals surface area contributed by atoms with Gasteiger partial charge in [-0.3, -0.25) is 0 Å². The molecule has 17 heavy (non-hydrogen) atoms. The van der Waals surface area contributed by atoms with Crippen molar-refractivity contribution >= 4 is 11.6 Å². The van der Waals surface area contributed by atoms with Gasteiger partial charge in [-0.2, -0.15) is 0 Å². The van der Waals surface area contributed by atoms with Crippen molar-refractivity contribution in [2.24, 2.45) is 5.92 Å². The fourth-order valence-corrected chi connectivity index (χ4v) is 1.71. The first kappa shape index (κ1) is 13.7. The van der Waals surface area contributed by atoms with Gasteiger partial charge in [0.05, 0.1) is 0 Å². The average molecular weight is 236 g/mol. The average Bonchev–Trinajstić information content (AvgIpc) is 2.28. The predicted molar refractivity (Wildman–Crippen MR) is 73.7 cm³/mol. The lowest BCUT2D eigenvalue weighted by molar-refractivity contribution is 0.557.